The first-order valence-corrected chi connectivity index (χ1v) is 6.44. The quantitative estimate of drug-likeness (QED) is 0.806. The molecular formula is C14H20N2O2. The Balaban J connectivity index is 2.18. The molecule has 4 N–H and O–H groups in total. The Morgan fingerprint density at radius 1 is 1.33 bits per heavy atom. The number of hydrogen-bond acceptors (Lipinski definition) is 3. The number of rotatable bonds is 3. The highest BCUT2D eigenvalue weighted by molar-refractivity contribution is 5.99. The summed E-state index contributed by atoms with van der Waals surface area (Å²) >= 11 is 0. The van der Waals surface area contributed by atoms with Gasteiger partial charge in [0.05, 0.1) is 11.3 Å². The number of anilines is 1. The average molecular weight is 248 g/mol. The Hall–Kier alpha value is -1.71. The lowest BCUT2D eigenvalue weighted by Gasteiger charge is -2.29. The van der Waals surface area contributed by atoms with Crippen molar-refractivity contribution < 1.29 is 9.53 Å². The van der Waals surface area contributed by atoms with E-state index in [1.54, 1.807) is 18.2 Å². The van der Waals surface area contributed by atoms with Crippen LogP contribution in [-0.4, -0.2) is 12.0 Å². The zero-order valence-electron chi connectivity index (χ0n) is 10.7. The summed E-state index contributed by atoms with van der Waals surface area (Å²) in [4.78, 5) is 11.2. The number of para-hydroxylation sites is 1. The average Bonchev–Trinajstić information content (AvgIpc) is 2.34. The van der Waals surface area contributed by atoms with Crippen LogP contribution in [0.4, 0.5) is 5.69 Å². The van der Waals surface area contributed by atoms with Gasteiger partial charge >= 0.3 is 0 Å². The maximum Gasteiger partial charge on any atom is 0.250 e. The van der Waals surface area contributed by atoms with Crippen LogP contribution >= 0.6 is 0 Å². The zero-order valence-corrected chi connectivity index (χ0v) is 10.7. The van der Waals surface area contributed by atoms with Gasteiger partial charge < -0.3 is 16.2 Å². The molecule has 1 aliphatic carbocycles. The molecule has 0 saturated heterocycles. The van der Waals surface area contributed by atoms with Crippen LogP contribution < -0.4 is 16.2 Å². The molecule has 0 bridgehead atoms. The topological polar surface area (TPSA) is 78.3 Å². The largest absolute Gasteiger partial charge is 0.488 e. The number of hydrogen-bond donors (Lipinski definition) is 2. The Morgan fingerprint density at radius 2 is 2.06 bits per heavy atom. The molecule has 1 aliphatic rings. The fraction of sp³-hybridized carbons (Fsp3) is 0.500. The van der Waals surface area contributed by atoms with Crippen LogP contribution in [0.15, 0.2) is 18.2 Å². The van der Waals surface area contributed by atoms with E-state index < -0.39 is 5.91 Å². The van der Waals surface area contributed by atoms with Gasteiger partial charge in [0.1, 0.15) is 11.9 Å². The van der Waals surface area contributed by atoms with Gasteiger partial charge in [-0.1, -0.05) is 19.4 Å². The van der Waals surface area contributed by atoms with Crippen LogP contribution in [-0.2, 0) is 0 Å². The first-order chi connectivity index (χ1) is 8.59. The number of benzene rings is 1. The van der Waals surface area contributed by atoms with Gasteiger partial charge in [-0.25, -0.2) is 0 Å². The second-order valence-electron chi connectivity index (χ2n) is 5.00. The first-order valence-electron chi connectivity index (χ1n) is 6.44. The third kappa shape index (κ3) is 2.58. The zero-order chi connectivity index (χ0) is 13.1. The van der Waals surface area contributed by atoms with Gasteiger partial charge in [0.2, 0.25) is 0 Å². The highest BCUT2D eigenvalue weighted by atomic mass is 16.5. The molecule has 1 amide bonds. The molecule has 4 heteroatoms. The molecule has 2 atom stereocenters. The fourth-order valence-corrected chi connectivity index (χ4v) is 2.48. The highest BCUT2D eigenvalue weighted by Gasteiger charge is 2.24. The van der Waals surface area contributed by atoms with Crippen LogP contribution in [0.1, 0.15) is 43.0 Å². The highest BCUT2D eigenvalue weighted by Crippen LogP contribution is 2.32. The van der Waals surface area contributed by atoms with Gasteiger partial charge in [-0.05, 0) is 37.3 Å². The first kappa shape index (κ1) is 12.7. The van der Waals surface area contributed by atoms with Gasteiger partial charge in [0, 0.05) is 0 Å². The Morgan fingerprint density at radius 3 is 2.72 bits per heavy atom. The second-order valence-corrected chi connectivity index (χ2v) is 5.00. The maximum absolute atomic E-state index is 11.2. The van der Waals surface area contributed by atoms with E-state index in [0.29, 0.717) is 22.9 Å². The smallest absolute Gasteiger partial charge is 0.250 e. The number of carbonyl (C=O) groups is 1. The van der Waals surface area contributed by atoms with Crippen LogP contribution in [0, 0.1) is 5.92 Å². The van der Waals surface area contributed by atoms with E-state index in [-0.39, 0.29) is 6.10 Å². The standard InChI is InChI=1S/C14H20N2O2/c1-9-5-2-3-7-11(9)18-12-8-4-6-10(13(12)15)14(16)17/h4,6,8-9,11H,2-3,5,7,15H2,1H3,(H2,16,17). The molecule has 4 nitrogen and oxygen atoms in total. The van der Waals surface area contributed by atoms with Gasteiger partial charge in [-0.3, -0.25) is 4.79 Å². The summed E-state index contributed by atoms with van der Waals surface area (Å²) in [5.74, 6) is 0.579. The summed E-state index contributed by atoms with van der Waals surface area (Å²) in [6, 6.07) is 5.16. The molecule has 0 radical (unpaired) electrons. The summed E-state index contributed by atoms with van der Waals surface area (Å²) in [6.07, 6.45) is 4.85. The van der Waals surface area contributed by atoms with Crippen molar-refractivity contribution in [2.24, 2.45) is 11.7 Å². The Kier molecular flexibility index (Phi) is 3.75. The molecule has 1 saturated carbocycles. The van der Waals surface area contributed by atoms with Crippen molar-refractivity contribution in [1.29, 1.82) is 0 Å². The van der Waals surface area contributed by atoms with Crippen molar-refractivity contribution >= 4 is 11.6 Å². The van der Waals surface area contributed by atoms with Crippen LogP contribution in [0.25, 0.3) is 0 Å². The van der Waals surface area contributed by atoms with Gasteiger partial charge in [-0.2, -0.15) is 0 Å². The molecular weight excluding hydrogens is 228 g/mol. The molecule has 18 heavy (non-hydrogen) atoms. The van der Waals surface area contributed by atoms with Crippen LogP contribution in [0.3, 0.4) is 0 Å². The van der Waals surface area contributed by atoms with Gasteiger partial charge in [0.15, 0.2) is 0 Å². The third-order valence-corrected chi connectivity index (χ3v) is 3.64. The van der Waals surface area contributed by atoms with Crippen molar-refractivity contribution in [3.05, 3.63) is 23.8 Å². The molecule has 1 aromatic carbocycles. The van der Waals surface area contributed by atoms with Crippen molar-refractivity contribution in [3.8, 4) is 5.75 Å². The van der Waals surface area contributed by atoms with Crippen molar-refractivity contribution in [1.82, 2.24) is 0 Å². The summed E-state index contributed by atoms with van der Waals surface area (Å²) in [5, 5.41) is 0. The maximum atomic E-state index is 11.2. The molecule has 0 heterocycles. The molecule has 1 aromatic rings. The SMILES string of the molecule is CC1CCCCC1Oc1cccc(C(N)=O)c1N. The minimum atomic E-state index is -0.519. The third-order valence-electron chi connectivity index (χ3n) is 3.64. The Bertz CT molecular complexity index is 445. The van der Waals surface area contributed by atoms with Crippen LogP contribution in [0.5, 0.6) is 5.75 Å². The molecule has 0 aromatic heterocycles. The molecule has 2 rings (SSSR count). The van der Waals surface area contributed by atoms with Crippen molar-refractivity contribution in [3.63, 3.8) is 0 Å². The lowest BCUT2D eigenvalue weighted by molar-refractivity contribution is 0.0989. The van der Waals surface area contributed by atoms with E-state index >= 15 is 0 Å². The second kappa shape index (κ2) is 5.29. The molecule has 98 valence electrons. The normalized spacial score (nSPS) is 23.6. The predicted molar refractivity (Wildman–Crippen MR) is 71.4 cm³/mol. The number of nitrogens with two attached hydrogens (primary N) is 2. The van der Waals surface area contributed by atoms with Gasteiger partial charge in [0.25, 0.3) is 5.91 Å². The molecule has 2 unspecified atom stereocenters. The summed E-state index contributed by atoms with van der Waals surface area (Å²) in [6.45, 7) is 2.19. The van der Waals surface area contributed by atoms with E-state index in [1.807, 2.05) is 0 Å². The number of ether oxygens (including phenoxy) is 1. The number of carbonyl (C=O) groups excluding carboxylic acids is 1. The minimum Gasteiger partial charge on any atom is -0.488 e. The van der Waals surface area contributed by atoms with E-state index in [9.17, 15) is 4.79 Å². The van der Waals surface area contributed by atoms with E-state index in [0.717, 1.165) is 6.42 Å². The number of primary amides is 1. The molecule has 0 spiro atoms. The van der Waals surface area contributed by atoms with Crippen molar-refractivity contribution in [2.45, 2.75) is 38.7 Å². The van der Waals surface area contributed by atoms with Crippen LogP contribution in [0.2, 0.25) is 0 Å². The van der Waals surface area contributed by atoms with E-state index in [4.69, 9.17) is 16.2 Å². The minimum absolute atomic E-state index is 0.184. The molecule has 0 aliphatic heterocycles. The summed E-state index contributed by atoms with van der Waals surface area (Å²) in [7, 11) is 0. The van der Waals surface area contributed by atoms with E-state index in [1.165, 1.54) is 19.3 Å². The van der Waals surface area contributed by atoms with Crippen molar-refractivity contribution in [2.75, 3.05) is 5.73 Å². The monoisotopic (exact) mass is 248 g/mol. The van der Waals surface area contributed by atoms with E-state index in [2.05, 4.69) is 6.92 Å². The molecule has 1 fully saturated rings. The van der Waals surface area contributed by atoms with Gasteiger partial charge in [-0.15, -0.1) is 0 Å². The lowest BCUT2D eigenvalue weighted by atomic mass is 9.88. The predicted octanol–water partition coefficient (Wildman–Crippen LogP) is 2.33. The number of nitrogen functional groups attached to an aromatic ring is 1. The Labute approximate surface area is 107 Å². The number of amides is 1. The summed E-state index contributed by atoms with van der Waals surface area (Å²) < 4.78 is 5.96. The fourth-order valence-electron chi connectivity index (χ4n) is 2.48. The lowest BCUT2D eigenvalue weighted by Crippen LogP contribution is -2.28. The summed E-state index contributed by atoms with van der Waals surface area (Å²) in [5.41, 5.74) is 11.9.